The standard InChI is InChI=1S/C9H15F3N2O/c1-2-14(6-9(10,11)12)7(15)8(5-13)3-4-8/h2-6,13H2,1H3. The van der Waals surface area contributed by atoms with Crippen LogP contribution in [0, 0.1) is 5.41 Å². The van der Waals surface area contributed by atoms with Gasteiger partial charge >= 0.3 is 6.18 Å². The minimum atomic E-state index is -4.34. The Morgan fingerprint density at radius 1 is 1.47 bits per heavy atom. The lowest BCUT2D eigenvalue weighted by molar-refractivity contribution is -0.164. The van der Waals surface area contributed by atoms with Gasteiger partial charge in [-0.05, 0) is 19.8 Å². The molecular weight excluding hydrogens is 209 g/mol. The maximum Gasteiger partial charge on any atom is 0.406 e. The zero-order chi connectivity index (χ0) is 11.7. The fourth-order valence-electron chi connectivity index (χ4n) is 1.54. The second-order valence-electron chi connectivity index (χ2n) is 3.92. The summed E-state index contributed by atoms with van der Waals surface area (Å²) in [4.78, 5) is 12.5. The molecule has 1 amide bonds. The predicted molar refractivity (Wildman–Crippen MR) is 49.0 cm³/mol. The molecule has 1 fully saturated rings. The van der Waals surface area contributed by atoms with Gasteiger partial charge in [0.1, 0.15) is 6.54 Å². The molecule has 0 radical (unpaired) electrons. The SMILES string of the molecule is CCN(CC(F)(F)F)C(=O)C1(CN)CC1. The highest BCUT2D eigenvalue weighted by molar-refractivity contribution is 5.85. The van der Waals surface area contributed by atoms with E-state index in [0.717, 1.165) is 4.90 Å². The molecule has 0 aromatic rings. The molecule has 0 heterocycles. The van der Waals surface area contributed by atoms with Crippen molar-refractivity contribution in [3.05, 3.63) is 0 Å². The van der Waals surface area contributed by atoms with Crippen molar-refractivity contribution in [3.8, 4) is 0 Å². The van der Waals surface area contributed by atoms with E-state index in [1.165, 1.54) is 6.92 Å². The fourth-order valence-corrected chi connectivity index (χ4v) is 1.54. The molecule has 3 nitrogen and oxygen atoms in total. The Balaban J connectivity index is 2.63. The number of carbonyl (C=O) groups excluding carboxylic acids is 1. The number of carbonyl (C=O) groups is 1. The van der Waals surface area contributed by atoms with Gasteiger partial charge in [0.05, 0.1) is 5.41 Å². The van der Waals surface area contributed by atoms with Crippen molar-refractivity contribution in [2.75, 3.05) is 19.6 Å². The Morgan fingerprint density at radius 3 is 2.27 bits per heavy atom. The van der Waals surface area contributed by atoms with Crippen LogP contribution in [0.25, 0.3) is 0 Å². The highest BCUT2D eigenvalue weighted by Gasteiger charge is 2.51. The van der Waals surface area contributed by atoms with Gasteiger partial charge in [0, 0.05) is 13.1 Å². The van der Waals surface area contributed by atoms with Crippen LogP contribution in [-0.4, -0.2) is 36.6 Å². The molecule has 1 aliphatic rings. The van der Waals surface area contributed by atoms with Crippen molar-refractivity contribution in [2.45, 2.75) is 25.9 Å². The normalized spacial score (nSPS) is 18.7. The highest BCUT2D eigenvalue weighted by atomic mass is 19.4. The van der Waals surface area contributed by atoms with Crippen molar-refractivity contribution < 1.29 is 18.0 Å². The molecule has 1 aliphatic carbocycles. The number of rotatable bonds is 4. The van der Waals surface area contributed by atoms with Crippen molar-refractivity contribution in [1.82, 2.24) is 4.90 Å². The number of alkyl halides is 3. The second kappa shape index (κ2) is 4.00. The second-order valence-corrected chi connectivity index (χ2v) is 3.92. The van der Waals surface area contributed by atoms with E-state index < -0.39 is 24.0 Å². The van der Waals surface area contributed by atoms with Gasteiger partial charge in [-0.15, -0.1) is 0 Å². The molecule has 0 spiro atoms. The average Bonchev–Trinajstić information content (AvgIpc) is 2.92. The molecule has 0 atom stereocenters. The largest absolute Gasteiger partial charge is 0.406 e. The van der Waals surface area contributed by atoms with Gasteiger partial charge in [0.25, 0.3) is 0 Å². The summed E-state index contributed by atoms with van der Waals surface area (Å²) in [6.07, 6.45) is -3.12. The van der Waals surface area contributed by atoms with Crippen LogP contribution in [0.4, 0.5) is 13.2 Å². The first kappa shape index (κ1) is 12.3. The van der Waals surface area contributed by atoms with E-state index in [1.807, 2.05) is 0 Å². The monoisotopic (exact) mass is 224 g/mol. The lowest BCUT2D eigenvalue weighted by Crippen LogP contribution is -2.44. The topological polar surface area (TPSA) is 46.3 Å². The van der Waals surface area contributed by atoms with E-state index in [2.05, 4.69) is 0 Å². The van der Waals surface area contributed by atoms with E-state index in [4.69, 9.17) is 5.73 Å². The molecule has 15 heavy (non-hydrogen) atoms. The fraction of sp³-hybridized carbons (Fsp3) is 0.889. The van der Waals surface area contributed by atoms with Crippen molar-refractivity contribution in [2.24, 2.45) is 11.1 Å². The van der Waals surface area contributed by atoms with Crippen molar-refractivity contribution >= 4 is 5.91 Å². The zero-order valence-corrected chi connectivity index (χ0v) is 8.60. The lowest BCUT2D eigenvalue weighted by Gasteiger charge is -2.26. The van der Waals surface area contributed by atoms with E-state index in [0.29, 0.717) is 12.8 Å². The zero-order valence-electron chi connectivity index (χ0n) is 8.60. The van der Waals surface area contributed by atoms with E-state index in [9.17, 15) is 18.0 Å². The molecule has 1 saturated carbocycles. The summed E-state index contributed by atoms with van der Waals surface area (Å²) in [5.74, 6) is -0.454. The van der Waals surface area contributed by atoms with Gasteiger partial charge in [0.2, 0.25) is 5.91 Å². The third-order valence-corrected chi connectivity index (χ3v) is 2.74. The summed E-state index contributed by atoms with van der Waals surface area (Å²) in [6, 6.07) is 0. The first-order valence-electron chi connectivity index (χ1n) is 4.91. The van der Waals surface area contributed by atoms with Crippen LogP contribution in [0.15, 0.2) is 0 Å². The first-order chi connectivity index (χ1) is 6.84. The summed E-state index contributed by atoms with van der Waals surface area (Å²) in [7, 11) is 0. The molecule has 6 heteroatoms. The molecule has 2 N–H and O–H groups in total. The highest BCUT2D eigenvalue weighted by Crippen LogP contribution is 2.46. The Hall–Kier alpha value is -0.780. The summed E-state index contributed by atoms with van der Waals surface area (Å²) < 4.78 is 36.4. The van der Waals surface area contributed by atoms with Gasteiger partial charge < -0.3 is 10.6 Å². The average molecular weight is 224 g/mol. The predicted octanol–water partition coefficient (Wildman–Crippen LogP) is 1.14. The minimum absolute atomic E-state index is 0.0695. The Labute approximate surface area is 86.4 Å². The smallest absolute Gasteiger partial charge is 0.333 e. The molecule has 1 rings (SSSR count). The van der Waals surface area contributed by atoms with E-state index in [1.54, 1.807) is 0 Å². The Bertz CT molecular complexity index is 248. The molecule has 88 valence electrons. The lowest BCUT2D eigenvalue weighted by atomic mass is 10.1. The van der Waals surface area contributed by atoms with Crippen LogP contribution in [0.3, 0.4) is 0 Å². The number of hydrogen-bond acceptors (Lipinski definition) is 2. The van der Waals surface area contributed by atoms with Gasteiger partial charge in [-0.25, -0.2) is 0 Å². The third-order valence-electron chi connectivity index (χ3n) is 2.74. The number of halogens is 3. The van der Waals surface area contributed by atoms with Crippen LogP contribution in [0.2, 0.25) is 0 Å². The maximum absolute atomic E-state index is 12.1. The molecule has 0 aliphatic heterocycles. The molecule has 0 saturated heterocycles. The van der Waals surface area contributed by atoms with Crippen LogP contribution >= 0.6 is 0 Å². The van der Waals surface area contributed by atoms with E-state index in [-0.39, 0.29) is 13.1 Å². The summed E-state index contributed by atoms with van der Waals surface area (Å²) in [6.45, 7) is 0.570. The Kier molecular flexibility index (Phi) is 3.28. The maximum atomic E-state index is 12.1. The Morgan fingerprint density at radius 2 is 2.00 bits per heavy atom. The molecule has 0 aromatic heterocycles. The van der Waals surface area contributed by atoms with Crippen LogP contribution in [-0.2, 0) is 4.79 Å². The quantitative estimate of drug-likeness (QED) is 0.778. The summed E-state index contributed by atoms with van der Waals surface area (Å²) in [5, 5.41) is 0. The van der Waals surface area contributed by atoms with Crippen molar-refractivity contribution in [1.29, 1.82) is 0 Å². The molecular formula is C9H15F3N2O. The first-order valence-corrected chi connectivity index (χ1v) is 4.91. The number of nitrogens with two attached hydrogens (primary N) is 1. The minimum Gasteiger partial charge on any atom is -0.333 e. The number of hydrogen-bond donors (Lipinski definition) is 1. The van der Waals surface area contributed by atoms with Crippen LogP contribution < -0.4 is 5.73 Å². The van der Waals surface area contributed by atoms with Crippen molar-refractivity contribution in [3.63, 3.8) is 0 Å². The van der Waals surface area contributed by atoms with Crippen LogP contribution in [0.1, 0.15) is 19.8 Å². The summed E-state index contributed by atoms with van der Waals surface area (Å²) in [5.41, 5.74) is 4.70. The molecule has 0 unspecified atom stereocenters. The van der Waals surface area contributed by atoms with Gasteiger partial charge in [-0.3, -0.25) is 4.79 Å². The van der Waals surface area contributed by atoms with Gasteiger partial charge in [0.15, 0.2) is 0 Å². The van der Waals surface area contributed by atoms with E-state index >= 15 is 0 Å². The van der Waals surface area contributed by atoms with Gasteiger partial charge in [-0.2, -0.15) is 13.2 Å². The molecule has 0 bridgehead atoms. The molecule has 0 aromatic carbocycles. The van der Waals surface area contributed by atoms with Crippen LogP contribution in [0.5, 0.6) is 0 Å². The summed E-state index contributed by atoms with van der Waals surface area (Å²) >= 11 is 0. The third kappa shape index (κ3) is 2.84. The number of amides is 1. The number of nitrogens with zero attached hydrogens (tertiary/aromatic N) is 1. The van der Waals surface area contributed by atoms with Gasteiger partial charge in [-0.1, -0.05) is 0 Å².